The summed E-state index contributed by atoms with van der Waals surface area (Å²) in [5, 5.41) is 42.3. The van der Waals surface area contributed by atoms with E-state index >= 15 is 0 Å². The fourth-order valence-electron chi connectivity index (χ4n) is 4.64. The maximum Gasteiger partial charge on any atom is 0.337 e. The molecule has 4 N–H and O–H groups in total. The van der Waals surface area contributed by atoms with Gasteiger partial charge in [-0.15, -0.1) is 0 Å². The Labute approximate surface area is 287 Å². The van der Waals surface area contributed by atoms with Gasteiger partial charge in [0, 0.05) is 29.5 Å². The summed E-state index contributed by atoms with van der Waals surface area (Å²) in [6, 6.07) is 11.8. The van der Waals surface area contributed by atoms with Gasteiger partial charge in [-0.3, -0.25) is 25.7 Å². The van der Waals surface area contributed by atoms with Crippen LogP contribution in [0.2, 0.25) is 0 Å². The summed E-state index contributed by atoms with van der Waals surface area (Å²) in [7, 11) is 1.24. The van der Waals surface area contributed by atoms with E-state index in [1.807, 2.05) is 0 Å². The highest BCUT2D eigenvalue weighted by molar-refractivity contribution is 9.10. The summed E-state index contributed by atoms with van der Waals surface area (Å²) in [5.41, 5.74) is 3.98. The average Bonchev–Trinajstić information content (AvgIpc) is 3.06. The Hall–Kier alpha value is -5.75. The van der Waals surface area contributed by atoms with E-state index in [0.29, 0.717) is 28.1 Å². The van der Waals surface area contributed by atoms with Gasteiger partial charge in [-0.2, -0.15) is 5.10 Å². The molecular formula is C31H31BrN6O11. The highest BCUT2D eigenvalue weighted by atomic mass is 79.9. The second-order valence-electron chi connectivity index (χ2n) is 10.2. The number of hydrogen-bond donors (Lipinski definition) is 4. The van der Waals surface area contributed by atoms with Crippen molar-refractivity contribution >= 4 is 45.5 Å². The lowest BCUT2D eigenvalue weighted by Crippen LogP contribution is -2.45. The SMILES string of the molecule is CCOc1cc([C@H]2NC(=O)NC(C)=C2C(=O)OC)ccc1OC[C@H](O)N/N=C/c1cc(Br)c(OCc2ccc([N+](=O)[O-])cc2)c([N+](=O)[O-])c1. The number of amides is 2. The van der Waals surface area contributed by atoms with Crippen LogP contribution in [-0.2, 0) is 16.1 Å². The number of carbonyl (C=O) groups excluding carboxylic acids is 2. The van der Waals surface area contributed by atoms with Crippen molar-refractivity contribution in [2.75, 3.05) is 20.3 Å². The lowest BCUT2D eigenvalue weighted by Gasteiger charge is -2.28. The number of aliphatic hydroxyl groups excluding tert-OH is 1. The van der Waals surface area contributed by atoms with Crippen LogP contribution in [0.25, 0.3) is 0 Å². The fourth-order valence-corrected chi connectivity index (χ4v) is 5.22. The predicted octanol–water partition coefficient (Wildman–Crippen LogP) is 4.37. The van der Waals surface area contributed by atoms with Crippen molar-refractivity contribution in [3.8, 4) is 17.2 Å². The second kappa shape index (κ2) is 16.4. The van der Waals surface area contributed by atoms with Gasteiger partial charge in [-0.1, -0.05) is 6.07 Å². The van der Waals surface area contributed by atoms with E-state index in [1.54, 1.807) is 32.0 Å². The van der Waals surface area contributed by atoms with Crippen LogP contribution in [0.3, 0.4) is 0 Å². The van der Waals surface area contributed by atoms with E-state index < -0.39 is 34.1 Å². The third-order valence-electron chi connectivity index (χ3n) is 6.88. The Balaban J connectivity index is 1.40. The van der Waals surface area contributed by atoms with Crippen molar-refractivity contribution in [1.29, 1.82) is 0 Å². The van der Waals surface area contributed by atoms with E-state index in [0.717, 1.165) is 0 Å². The summed E-state index contributed by atoms with van der Waals surface area (Å²) in [6.07, 6.45) is -0.0585. The van der Waals surface area contributed by atoms with Crippen molar-refractivity contribution in [2.24, 2.45) is 5.10 Å². The van der Waals surface area contributed by atoms with Crippen LogP contribution in [0.15, 0.2) is 75.4 Å². The minimum absolute atomic E-state index is 0.0479. The van der Waals surface area contributed by atoms with Crippen molar-refractivity contribution < 1.29 is 43.5 Å². The topological polar surface area (TPSA) is 226 Å². The summed E-state index contributed by atoms with van der Waals surface area (Å²) >= 11 is 3.28. The number of non-ortho nitro benzene ring substituents is 1. The molecule has 0 saturated carbocycles. The second-order valence-corrected chi connectivity index (χ2v) is 11.1. The number of allylic oxidation sites excluding steroid dienone is 1. The molecule has 0 aromatic heterocycles. The maximum absolute atomic E-state index is 12.5. The van der Waals surface area contributed by atoms with Crippen LogP contribution >= 0.6 is 15.9 Å². The number of nitrogens with one attached hydrogen (secondary N) is 3. The summed E-state index contributed by atoms with van der Waals surface area (Å²) < 4.78 is 22.3. The lowest BCUT2D eigenvalue weighted by atomic mass is 9.95. The summed E-state index contributed by atoms with van der Waals surface area (Å²) in [5.74, 6) is -0.111. The van der Waals surface area contributed by atoms with Gasteiger partial charge in [-0.25, -0.2) is 9.59 Å². The van der Waals surface area contributed by atoms with Gasteiger partial charge in [0.1, 0.15) is 13.2 Å². The molecule has 0 spiro atoms. The molecule has 49 heavy (non-hydrogen) atoms. The minimum Gasteiger partial charge on any atom is -0.490 e. The van der Waals surface area contributed by atoms with E-state index in [9.17, 15) is 34.9 Å². The number of hydrogen-bond acceptors (Lipinski definition) is 13. The van der Waals surface area contributed by atoms with Crippen LogP contribution in [0, 0.1) is 20.2 Å². The zero-order chi connectivity index (χ0) is 35.7. The smallest absolute Gasteiger partial charge is 0.337 e. The molecule has 1 aliphatic heterocycles. The Bertz CT molecular complexity index is 1800. The zero-order valence-electron chi connectivity index (χ0n) is 26.3. The van der Waals surface area contributed by atoms with E-state index in [2.05, 4.69) is 37.1 Å². The zero-order valence-corrected chi connectivity index (χ0v) is 27.9. The summed E-state index contributed by atoms with van der Waals surface area (Å²) in [6.45, 7) is 3.26. The van der Waals surface area contributed by atoms with Crippen LogP contribution in [0.1, 0.15) is 36.6 Å². The number of benzene rings is 3. The lowest BCUT2D eigenvalue weighted by molar-refractivity contribution is -0.386. The predicted molar refractivity (Wildman–Crippen MR) is 177 cm³/mol. The van der Waals surface area contributed by atoms with E-state index in [1.165, 1.54) is 49.7 Å². The fraction of sp³-hybridized carbons (Fsp3) is 0.258. The Morgan fingerprint density at radius 1 is 1.08 bits per heavy atom. The van der Waals surface area contributed by atoms with Crippen molar-refractivity contribution in [1.82, 2.24) is 16.1 Å². The molecule has 1 aliphatic rings. The third-order valence-corrected chi connectivity index (χ3v) is 7.47. The quantitative estimate of drug-likeness (QED) is 0.0560. The Kier molecular flexibility index (Phi) is 12.1. The molecule has 2 amide bonds. The molecule has 18 heteroatoms. The maximum atomic E-state index is 12.5. The molecule has 1 heterocycles. The Morgan fingerprint density at radius 3 is 2.47 bits per heavy atom. The number of ether oxygens (including phenoxy) is 4. The van der Waals surface area contributed by atoms with Gasteiger partial charge in [-0.05, 0) is 71.2 Å². The van der Waals surface area contributed by atoms with Crippen LogP contribution < -0.4 is 30.3 Å². The number of urea groups is 1. The first-order valence-corrected chi connectivity index (χ1v) is 15.3. The van der Waals surface area contributed by atoms with Crippen molar-refractivity contribution in [3.63, 3.8) is 0 Å². The average molecular weight is 744 g/mol. The van der Waals surface area contributed by atoms with Gasteiger partial charge in [0.15, 0.2) is 17.7 Å². The molecule has 0 saturated heterocycles. The standard InChI is InChI=1S/C31H31BrN6O11/c1-4-47-25-13-20(28-27(30(40)46-3)17(2)34-31(41)35-28)7-10-24(25)48-16-26(39)36-33-14-19-11-22(32)29(23(12-19)38(44)45)49-15-18-5-8-21(9-6-18)37(42)43/h5-14,26,28,36,39H,4,15-16H2,1-3H3,(H2,34,35,41)/b33-14+/t26-,28+/m0/s1. The number of nitro groups is 2. The molecule has 2 atom stereocenters. The molecule has 0 unspecified atom stereocenters. The third kappa shape index (κ3) is 9.20. The number of esters is 1. The molecule has 4 rings (SSSR count). The molecule has 0 radical (unpaired) electrons. The first-order chi connectivity index (χ1) is 23.4. The number of methoxy groups -OCH3 is 1. The Morgan fingerprint density at radius 2 is 1.82 bits per heavy atom. The van der Waals surface area contributed by atoms with Crippen molar-refractivity contribution in [2.45, 2.75) is 32.7 Å². The highest BCUT2D eigenvalue weighted by Crippen LogP contribution is 2.37. The number of aliphatic hydroxyl groups is 1. The summed E-state index contributed by atoms with van der Waals surface area (Å²) in [4.78, 5) is 46.1. The number of rotatable bonds is 15. The molecule has 3 aromatic rings. The van der Waals surface area contributed by atoms with Gasteiger partial charge in [0.05, 0.1) is 45.9 Å². The first kappa shape index (κ1) is 36.1. The minimum atomic E-state index is -1.31. The molecule has 0 aliphatic carbocycles. The monoisotopic (exact) mass is 742 g/mol. The first-order valence-electron chi connectivity index (χ1n) is 14.5. The van der Waals surface area contributed by atoms with Gasteiger partial charge in [0.2, 0.25) is 5.75 Å². The van der Waals surface area contributed by atoms with Gasteiger partial charge >= 0.3 is 17.7 Å². The highest BCUT2D eigenvalue weighted by Gasteiger charge is 2.32. The molecule has 0 bridgehead atoms. The number of hydrazone groups is 1. The van der Waals surface area contributed by atoms with Gasteiger partial charge < -0.3 is 34.7 Å². The number of nitrogens with zero attached hydrogens (tertiary/aromatic N) is 3. The van der Waals surface area contributed by atoms with Crippen LogP contribution in [0.4, 0.5) is 16.2 Å². The number of halogens is 1. The van der Waals surface area contributed by atoms with E-state index in [-0.39, 0.29) is 52.7 Å². The number of nitro benzene ring substituents is 2. The number of carbonyl (C=O) groups is 2. The molecule has 3 aromatic carbocycles. The largest absolute Gasteiger partial charge is 0.490 e. The van der Waals surface area contributed by atoms with Gasteiger partial charge in [0.25, 0.3) is 5.69 Å². The molecule has 17 nitrogen and oxygen atoms in total. The molecule has 0 fully saturated rings. The van der Waals surface area contributed by atoms with Crippen molar-refractivity contribution in [3.05, 3.63) is 107 Å². The van der Waals surface area contributed by atoms with Crippen LogP contribution in [0.5, 0.6) is 17.2 Å². The molecular weight excluding hydrogens is 712 g/mol. The van der Waals surface area contributed by atoms with Crippen LogP contribution in [-0.4, -0.2) is 59.7 Å². The normalized spacial score (nSPS) is 14.8. The molecule has 258 valence electrons. The van der Waals surface area contributed by atoms with E-state index in [4.69, 9.17) is 18.9 Å².